The minimum atomic E-state index is 0.586. The molecular weight excluding hydrogens is 264 g/mol. The van der Waals surface area contributed by atoms with Crippen molar-refractivity contribution in [2.45, 2.75) is 6.92 Å². The molecule has 0 atom stereocenters. The number of anilines is 1. The van der Waals surface area contributed by atoms with Crippen molar-refractivity contribution < 1.29 is 0 Å². The molecule has 3 heterocycles. The van der Waals surface area contributed by atoms with Crippen molar-refractivity contribution in [3.8, 4) is 21.1 Å². The van der Waals surface area contributed by atoms with E-state index in [1.165, 1.54) is 11.3 Å². The van der Waals surface area contributed by atoms with Crippen LogP contribution in [0.4, 0.5) is 5.13 Å². The average molecular weight is 274 g/mol. The highest BCUT2D eigenvalue weighted by atomic mass is 32.1. The second-order valence-corrected chi connectivity index (χ2v) is 5.63. The SMILES string of the molecule is Cc1nc(-c2ccncc2)sc1-c1csc(N)n1. The van der Waals surface area contributed by atoms with Crippen LogP contribution in [0, 0.1) is 6.92 Å². The molecule has 0 aliphatic carbocycles. The number of hydrogen-bond acceptors (Lipinski definition) is 6. The van der Waals surface area contributed by atoms with Gasteiger partial charge in [-0.25, -0.2) is 9.97 Å². The summed E-state index contributed by atoms with van der Waals surface area (Å²) in [5.41, 5.74) is 8.64. The van der Waals surface area contributed by atoms with E-state index in [9.17, 15) is 0 Å². The third kappa shape index (κ3) is 2.00. The van der Waals surface area contributed by atoms with E-state index in [4.69, 9.17) is 5.73 Å². The Hall–Kier alpha value is -1.79. The van der Waals surface area contributed by atoms with Gasteiger partial charge >= 0.3 is 0 Å². The zero-order valence-corrected chi connectivity index (χ0v) is 11.3. The minimum absolute atomic E-state index is 0.586. The fourth-order valence-corrected chi connectivity index (χ4v) is 3.30. The summed E-state index contributed by atoms with van der Waals surface area (Å²) >= 11 is 3.08. The topological polar surface area (TPSA) is 64.7 Å². The van der Waals surface area contributed by atoms with E-state index in [-0.39, 0.29) is 0 Å². The summed E-state index contributed by atoms with van der Waals surface area (Å²) in [6, 6.07) is 3.91. The molecule has 0 aromatic carbocycles. The number of thiazole rings is 2. The van der Waals surface area contributed by atoms with Crippen molar-refractivity contribution in [2.75, 3.05) is 5.73 Å². The maximum atomic E-state index is 5.67. The highest BCUT2D eigenvalue weighted by Gasteiger charge is 2.13. The molecule has 0 amide bonds. The molecule has 2 N–H and O–H groups in total. The van der Waals surface area contributed by atoms with Crippen LogP contribution in [0.15, 0.2) is 29.9 Å². The van der Waals surface area contributed by atoms with Crippen LogP contribution in [0.25, 0.3) is 21.1 Å². The fraction of sp³-hybridized carbons (Fsp3) is 0.0833. The quantitative estimate of drug-likeness (QED) is 0.779. The van der Waals surface area contributed by atoms with Crippen molar-refractivity contribution in [1.82, 2.24) is 15.0 Å². The third-order valence-corrected chi connectivity index (χ3v) is 4.38. The predicted molar refractivity (Wildman–Crippen MR) is 75.6 cm³/mol. The summed E-state index contributed by atoms with van der Waals surface area (Å²) in [5, 5.41) is 3.53. The summed E-state index contributed by atoms with van der Waals surface area (Å²) in [5.74, 6) is 0. The molecule has 3 rings (SSSR count). The molecule has 0 saturated carbocycles. The van der Waals surface area contributed by atoms with Crippen LogP contribution in [-0.4, -0.2) is 15.0 Å². The van der Waals surface area contributed by atoms with Crippen LogP contribution in [0.2, 0.25) is 0 Å². The highest BCUT2D eigenvalue weighted by Crippen LogP contribution is 2.35. The molecule has 18 heavy (non-hydrogen) atoms. The molecule has 0 saturated heterocycles. The number of nitrogens with zero attached hydrogens (tertiary/aromatic N) is 3. The van der Waals surface area contributed by atoms with Crippen molar-refractivity contribution in [3.05, 3.63) is 35.6 Å². The minimum Gasteiger partial charge on any atom is -0.375 e. The van der Waals surface area contributed by atoms with E-state index in [0.717, 1.165) is 26.8 Å². The number of aryl methyl sites for hydroxylation is 1. The Balaban J connectivity index is 2.06. The molecule has 0 aliphatic rings. The lowest BCUT2D eigenvalue weighted by Crippen LogP contribution is -1.82. The predicted octanol–water partition coefficient (Wildman–Crippen LogP) is 3.22. The van der Waals surface area contributed by atoms with Gasteiger partial charge in [0.25, 0.3) is 0 Å². The average Bonchev–Trinajstić information content (AvgIpc) is 2.97. The zero-order chi connectivity index (χ0) is 12.5. The van der Waals surface area contributed by atoms with Crippen molar-refractivity contribution in [1.29, 1.82) is 0 Å². The Kier molecular flexibility index (Phi) is 2.81. The van der Waals surface area contributed by atoms with Gasteiger partial charge in [0.1, 0.15) is 5.01 Å². The van der Waals surface area contributed by atoms with E-state index in [1.54, 1.807) is 23.7 Å². The molecule has 0 aliphatic heterocycles. The summed E-state index contributed by atoms with van der Waals surface area (Å²) in [6.45, 7) is 1.99. The van der Waals surface area contributed by atoms with Crippen LogP contribution >= 0.6 is 22.7 Å². The molecule has 6 heteroatoms. The Labute approximate surface area is 112 Å². The first-order valence-electron chi connectivity index (χ1n) is 5.33. The molecule has 4 nitrogen and oxygen atoms in total. The number of nitrogens with two attached hydrogens (primary N) is 1. The molecule has 0 spiro atoms. The number of rotatable bonds is 2. The van der Waals surface area contributed by atoms with Crippen molar-refractivity contribution in [3.63, 3.8) is 0 Å². The van der Waals surface area contributed by atoms with E-state index in [1.807, 2.05) is 24.4 Å². The maximum Gasteiger partial charge on any atom is 0.180 e. The van der Waals surface area contributed by atoms with E-state index in [0.29, 0.717) is 5.13 Å². The number of nitrogen functional groups attached to an aromatic ring is 1. The molecule has 0 radical (unpaired) electrons. The lowest BCUT2D eigenvalue weighted by atomic mass is 10.3. The van der Waals surface area contributed by atoms with Crippen LogP contribution in [0.3, 0.4) is 0 Å². The molecule has 90 valence electrons. The van der Waals surface area contributed by atoms with Crippen LogP contribution in [0.5, 0.6) is 0 Å². The summed E-state index contributed by atoms with van der Waals surface area (Å²) in [4.78, 5) is 14.0. The van der Waals surface area contributed by atoms with Gasteiger partial charge in [0.2, 0.25) is 0 Å². The molecule has 0 fully saturated rings. The second-order valence-electron chi connectivity index (χ2n) is 3.74. The largest absolute Gasteiger partial charge is 0.375 e. The summed E-state index contributed by atoms with van der Waals surface area (Å²) in [7, 11) is 0. The molecule has 0 unspecified atom stereocenters. The van der Waals surface area contributed by atoms with Gasteiger partial charge in [0.05, 0.1) is 16.3 Å². The Morgan fingerprint density at radius 3 is 2.61 bits per heavy atom. The Morgan fingerprint density at radius 1 is 1.17 bits per heavy atom. The Bertz CT molecular complexity index is 672. The van der Waals surface area contributed by atoms with Gasteiger partial charge in [-0.1, -0.05) is 0 Å². The normalized spacial score (nSPS) is 10.7. The number of pyridine rings is 1. The van der Waals surface area contributed by atoms with Gasteiger partial charge in [-0.3, -0.25) is 4.98 Å². The number of hydrogen-bond donors (Lipinski definition) is 1. The van der Waals surface area contributed by atoms with E-state index >= 15 is 0 Å². The molecule has 3 aromatic rings. The van der Waals surface area contributed by atoms with Crippen LogP contribution in [-0.2, 0) is 0 Å². The first-order chi connectivity index (χ1) is 8.74. The van der Waals surface area contributed by atoms with Crippen molar-refractivity contribution in [2.24, 2.45) is 0 Å². The first-order valence-corrected chi connectivity index (χ1v) is 7.03. The summed E-state index contributed by atoms with van der Waals surface area (Å²) in [6.07, 6.45) is 3.54. The lowest BCUT2D eigenvalue weighted by molar-refractivity contribution is 1.25. The van der Waals surface area contributed by atoms with Gasteiger partial charge in [0, 0.05) is 23.3 Å². The van der Waals surface area contributed by atoms with Gasteiger partial charge in [-0.15, -0.1) is 22.7 Å². The third-order valence-electron chi connectivity index (χ3n) is 2.48. The fourth-order valence-electron chi connectivity index (χ4n) is 1.64. The van der Waals surface area contributed by atoms with Gasteiger partial charge in [0.15, 0.2) is 5.13 Å². The molecule has 3 aromatic heterocycles. The Morgan fingerprint density at radius 2 is 1.94 bits per heavy atom. The monoisotopic (exact) mass is 274 g/mol. The second kappa shape index (κ2) is 4.47. The lowest BCUT2D eigenvalue weighted by Gasteiger charge is -1.92. The maximum absolute atomic E-state index is 5.67. The van der Waals surface area contributed by atoms with Gasteiger partial charge in [-0.05, 0) is 19.1 Å². The zero-order valence-electron chi connectivity index (χ0n) is 9.62. The first kappa shape index (κ1) is 11.3. The van der Waals surface area contributed by atoms with E-state index < -0.39 is 0 Å². The molecular formula is C12H10N4S2. The van der Waals surface area contributed by atoms with Crippen LogP contribution < -0.4 is 5.73 Å². The standard InChI is InChI=1S/C12H10N4S2/c1-7-10(9-6-17-12(13)16-9)18-11(15-7)8-2-4-14-5-3-8/h2-6H,1H3,(H2,13,16). The molecule has 0 bridgehead atoms. The van der Waals surface area contributed by atoms with Gasteiger partial charge < -0.3 is 5.73 Å². The van der Waals surface area contributed by atoms with Crippen LogP contribution in [0.1, 0.15) is 5.69 Å². The smallest absolute Gasteiger partial charge is 0.180 e. The van der Waals surface area contributed by atoms with Gasteiger partial charge in [-0.2, -0.15) is 0 Å². The van der Waals surface area contributed by atoms with E-state index in [2.05, 4.69) is 15.0 Å². The summed E-state index contributed by atoms with van der Waals surface area (Å²) < 4.78 is 0. The van der Waals surface area contributed by atoms with Crippen molar-refractivity contribution >= 4 is 27.8 Å². The highest BCUT2D eigenvalue weighted by molar-refractivity contribution is 7.19. The number of aromatic nitrogens is 3.